The number of fused-ring (bicyclic) bond motifs is 1. The summed E-state index contributed by atoms with van der Waals surface area (Å²) in [5.41, 5.74) is 0.909. The summed E-state index contributed by atoms with van der Waals surface area (Å²) in [6, 6.07) is -1.53. The van der Waals surface area contributed by atoms with Crippen molar-refractivity contribution in [3.05, 3.63) is 16.3 Å². The zero-order valence-corrected chi connectivity index (χ0v) is 10.1. The van der Waals surface area contributed by atoms with Crippen LogP contribution in [0.2, 0.25) is 0 Å². The van der Waals surface area contributed by atoms with E-state index in [-0.39, 0.29) is 5.84 Å². The molecule has 7 nitrogen and oxygen atoms in total. The molecule has 2 rings (SSSR count). The van der Waals surface area contributed by atoms with Crippen molar-refractivity contribution in [3.63, 3.8) is 0 Å². The van der Waals surface area contributed by atoms with Crippen LogP contribution in [0.15, 0.2) is 16.4 Å². The van der Waals surface area contributed by atoms with E-state index in [2.05, 4.69) is 4.99 Å². The van der Waals surface area contributed by atoms with Gasteiger partial charge in [-0.15, -0.1) is 0 Å². The molecule has 3 amide bonds. The first-order valence-electron chi connectivity index (χ1n) is 5.14. The van der Waals surface area contributed by atoms with Gasteiger partial charge in [0.05, 0.1) is 4.76 Å². The molecule has 1 saturated heterocycles. The Morgan fingerprint density at radius 3 is 2.35 bits per heavy atom. The van der Waals surface area contributed by atoms with Crippen molar-refractivity contribution in [1.29, 1.82) is 0 Å². The van der Waals surface area contributed by atoms with Crippen LogP contribution in [0.1, 0.15) is 13.8 Å². The molecule has 0 aliphatic carbocycles. The van der Waals surface area contributed by atoms with Crippen LogP contribution in [0.3, 0.4) is 0 Å². The maximum absolute atomic E-state index is 12.0. The van der Waals surface area contributed by atoms with E-state index < -0.39 is 18.0 Å². The van der Waals surface area contributed by atoms with Crippen LogP contribution in [-0.4, -0.2) is 52.5 Å². The highest BCUT2D eigenvalue weighted by molar-refractivity contribution is 6.19. The van der Waals surface area contributed by atoms with Crippen LogP contribution < -0.4 is 0 Å². The number of carbonyl (C=O) groups excluding carboxylic acids is 2. The normalized spacial score (nSPS) is 25.3. The van der Waals surface area contributed by atoms with Gasteiger partial charge in [0, 0.05) is 25.9 Å². The molecule has 0 aromatic rings. The fourth-order valence-corrected chi connectivity index (χ4v) is 1.84. The Labute approximate surface area is 98.0 Å². The second-order valence-electron chi connectivity index (χ2n) is 4.11. The minimum atomic E-state index is -1.05. The summed E-state index contributed by atoms with van der Waals surface area (Å²) in [6.45, 7) is 3.27. The standard InChI is InChI=1S/C10H13N4O3/c1-5-6(2)14(17)7-8(11-5)12(3)10(16)13(4)9(7)15/h7H,1-4H3/q+1. The van der Waals surface area contributed by atoms with Gasteiger partial charge in [-0.1, -0.05) is 0 Å². The van der Waals surface area contributed by atoms with Crippen LogP contribution >= 0.6 is 0 Å². The van der Waals surface area contributed by atoms with E-state index in [4.69, 9.17) is 0 Å². The third-order valence-electron chi connectivity index (χ3n) is 3.10. The minimum absolute atomic E-state index is 0.191. The smallest absolute Gasteiger partial charge is 0.278 e. The summed E-state index contributed by atoms with van der Waals surface area (Å²) in [5, 5.41) is 0. The van der Waals surface area contributed by atoms with Crippen LogP contribution in [0.5, 0.6) is 0 Å². The first-order chi connectivity index (χ1) is 7.86. The lowest BCUT2D eigenvalue weighted by atomic mass is 10.1. The first-order valence-corrected chi connectivity index (χ1v) is 5.14. The average molecular weight is 237 g/mol. The summed E-state index contributed by atoms with van der Waals surface area (Å²) in [7, 11) is 2.85. The largest absolute Gasteiger partial charge is 0.342 e. The predicted molar refractivity (Wildman–Crippen MR) is 59.2 cm³/mol. The Bertz CT molecular complexity index is 506. The van der Waals surface area contributed by atoms with Crippen molar-refractivity contribution in [2.45, 2.75) is 19.9 Å². The van der Waals surface area contributed by atoms with Crippen molar-refractivity contribution in [3.8, 4) is 0 Å². The topological polar surface area (TPSA) is 73.1 Å². The molecule has 7 heteroatoms. The molecule has 1 unspecified atom stereocenters. The molecular weight excluding hydrogens is 224 g/mol. The molecular formula is C10H13N4O3+. The number of carbonyl (C=O) groups is 2. The number of nitrogens with zero attached hydrogens (tertiary/aromatic N) is 4. The number of aliphatic imine (C=N–C) groups is 1. The summed E-state index contributed by atoms with van der Waals surface area (Å²) in [6.07, 6.45) is 0. The Hall–Kier alpha value is -2.05. The number of nitroso groups, excluding NO2 is 1. The molecule has 2 aliphatic heterocycles. The Morgan fingerprint density at radius 1 is 1.18 bits per heavy atom. The van der Waals surface area contributed by atoms with Gasteiger partial charge in [-0.05, 0) is 6.92 Å². The SMILES string of the molecule is CC1=C(C)[N+](=O)C2C(=O)N(C)C(=O)N(C)C2=N1. The number of allylic oxidation sites excluding steroid dienone is 2. The highest BCUT2D eigenvalue weighted by Crippen LogP contribution is 2.23. The van der Waals surface area contributed by atoms with Crippen molar-refractivity contribution >= 4 is 17.8 Å². The van der Waals surface area contributed by atoms with Gasteiger partial charge in [0.25, 0.3) is 5.70 Å². The number of imide groups is 1. The number of likely N-dealkylation sites (N-methyl/N-ethyl adjacent to an activating group) is 2. The average Bonchev–Trinajstić information content (AvgIpc) is 2.30. The maximum Gasteiger partial charge on any atom is 0.342 e. The van der Waals surface area contributed by atoms with Gasteiger partial charge in [0.2, 0.25) is 0 Å². The fourth-order valence-electron chi connectivity index (χ4n) is 1.84. The highest BCUT2D eigenvalue weighted by atomic mass is 16.3. The lowest BCUT2D eigenvalue weighted by molar-refractivity contribution is -0.512. The van der Waals surface area contributed by atoms with Gasteiger partial charge in [-0.25, -0.2) is 9.79 Å². The van der Waals surface area contributed by atoms with Crippen LogP contribution in [0, 0.1) is 4.91 Å². The summed E-state index contributed by atoms with van der Waals surface area (Å²) < 4.78 is 0.611. The number of amidine groups is 1. The molecule has 1 atom stereocenters. The summed E-state index contributed by atoms with van der Waals surface area (Å²) in [5.74, 6) is -0.357. The quantitative estimate of drug-likeness (QED) is 0.569. The van der Waals surface area contributed by atoms with E-state index in [1.165, 1.54) is 19.0 Å². The highest BCUT2D eigenvalue weighted by Gasteiger charge is 2.53. The summed E-state index contributed by atoms with van der Waals surface area (Å²) in [4.78, 5) is 41.9. The van der Waals surface area contributed by atoms with Crippen LogP contribution in [0.25, 0.3) is 0 Å². The number of hydrogen-bond donors (Lipinski definition) is 0. The molecule has 0 aromatic carbocycles. The van der Waals surface area contributed by atoms with Gasteiger partial charge >= 0.3 is 18.0 Å². The molecule has 0 aromatic heterocycles. The fraction of sp³-hybridized carbons (Fsp3) is 0.500. The number of rotatable bonds is 0. The Morgan fingerprint density at radius 2 is 1.76 bits per heavy atom. The third-order valence-corrected chi connectivity index (χ3v) is 3.10. The van der Waals surface area contributed by atoms with E-state index in [1.807, 2.05) is 0 Å². The molecule has 90 valence electrons. The van der Waals surface area contributed by atoms with Crippen molar-refractivity contribution in [2.75, 3.05) is 14.1 Å². The Balaban J connectivity index is 2.58. The van der Waals surface area contributed by atoms with Gasteiger partial charge < -0.3 is 0 Å². The molecule has 0 bridgehead atoms. The van der Waals surface area contributed by atoms with E-state index >= 15 is 0 Å². The molecule has 1 fully saturated rings. The van der Waals surface area contributed by atoms with Crippen LogP contribution in [0.4, 0.5) is 4.79 Å². The molecule has 0 radical (unpaired) electrons. The van der Waals surface area contributed by atoms with Crippen molar-refractivity contribution in [2.24, 2.45) is 4.99 Å². The van der Waals surface area contributed by atoms with Gasteiger partial charge in [-0.3, -0.25) is 14.6 Å². The molecule has 2 aliphatic rings. The second kappa shape index (κ2) is 3.47. The van der Waals surface area contributed by atoms with Crippen LogP contribution in [-0.2, 0) is 4.79 Å². The number of urea groups is 1. The van der Waals surface area contributed by atoms with Gasteiger partial charge in [0.1, 0.15) is 5.70 Å². The van der Waals surface area contributed by atoms with Crippen molar-refractivity contribution in [1.82, 2.24) is 9.80 Å². The number of amides is 3. The number of hydrogen-bond acceptors (Lipinski definition) is 4. The molecule has 2 heterocycles. The first kappa shape index (κ1) is 11.4. The molecule has 17 heavy (non-hydrogen) atoms. The minimum Gasteiger partial charge on any atom is -0.278 e. The lowest BCUT2D eigenvalue weighted by Crippen LogP contribution is -2.63. The second-order valence-corrected chi connectivity index (χ2v) is 4.11. The van der Waals surface area contributed by atoms with E-state index in [0.717, 1.165) is 4.90 Å². The zero-order valence-electron chi connectivity index (χ0n) is 10.1. The van der Waals surface area contributed by atoms with Gasteiger partial charge in [-0.2, -0.15) is 0 Å². The van der Waals surface area contributed by atoms with E-state index in [9.17, 15) is 14.5 Å². The molecule has 0 N–H and O–H groups in total. The Kier molecular flexibility index (Phi) is 2.34. The van der Waals surface area contributed by atoms with E-state index in [0.29, 0.717) is 16.2 Å². The van der Waals surface area contributed by atoms with Crippen molar-refractivity contribution < 1.29 is 14.3 Å². The summed E-state index contributed by atoms with van der Waals surface area (Å²) >= 11 is 0. The predicted octanol–water partition coefficient (Wildman–Crippen LogP) is 0.321. The monoisotopic (exact) mass is 237 g/mol. The molecule has 0 saturated carbocycles. The lowest BCUT2D eigenvalue weighted by Gasteiger charge is -2.32. The van der Waals surface area contributed by atoms with E-state index in [1.54, 1.807) is 13.8 Å². The zero-order chi connectivity index (χ0) is 12.9. The maximum atomic E-state index is 12.0. The van der Waals surface area contributed by atoms with Gasteiger partial charge in [0.15, 0.2) is 5.84 Å². The molecule has 0 spiro atoms. The third kappa shape index (κ3) is 1.38.